The van der Waals surface area contributed by atoms with Gasteiger partial charge in [-0.25, -0.2) is 0 Å². The maximum absolute atomic E-state index is 5.95. The Hall–Kier alpha value is -1.02. The largest absolute Gasteiger partial charge is 0.493 e. The first-order chi connectivity index (χ1) is 8.27. The second kappa shape index (κ2) is 6.06. The van der Waals surface area contributed by atoms with Gasteiger partial charge in [-0.3, -0.25) is 0 Å². The lowest BCUT2D eigenvalue weighted by Crippen LogP contribution is -2.28. The van der Waals surface area contributed by atoms with Crippen LogP contribution < -0.4 is 10.1 Å². The molecule has 1 aromatic rings. The van der Waals surface area contributed by atoms with Crippen molar-refractivity contribution in [1.82, 2.24) is 5.32 Å². The van der Waals surface area contributed by atoms with Gasteiger partial charge in [-0.1, -0.05) is 18.2 Å². The SMILES string of the molecule is Cc1cccc(C)c1OCCC1CCNCC1. The summed E-state index contributed by atoms with van der Waals surface area (Å²) in [6, 6.07) is 6.32. The van der Waals surface area contributed by atoms with Gasteiger partial charge in [0.2, 0.25) is 0 Å². The molecule has 0 aliphatic carbocycles. The molecule has 1 aliphatic rings. The molecule has 0 radical (unpaired) electrons. The summed E-state index contributed by atoms with van der Waals surface area (Å²) >= 11 is 0. The molecule has 17 heavy (non-hydrogen) atoms. The highest BCUT2D eigenvalue weighted by Crippen LogP contribution is 2.23. The summed E-state index contributed by atoms with van der Waals surface area (Å²) in [7, 11) is 0. The Kier molecular flexibility index (Phi) is 4.43. The molecule has 0 bridgehead atoms. The Morgan fingerprint density at radius 2 is 1.82 bits per heavy atom. The van der Waals surface area contributed by atoms with Crippen molar-refractivity contribution >= 4 is 0 Å². The van der Waals surface area contributed by atoms with Gasteiger partial charge < -0.3 is 10.1 Å². The van der Waals surface area contributed by atoms with Gasteiger partial charge in [0.25, 0.3) is 0 Å². The fourth-order valence-electron chi connectivity index (χ4n) is 2.52. The zero-order chi connectivity index (χ0) is 12.1. The standard InChI is InChI=1S/C15H23NO/c1-12-4-3-5-13(2)15(12)17-11-8-14-6-9-16-10-7-14/h3-5,14,16H,6-11H2,1-2H3. The van der Waals surface area contributed by atoms with Gasteiger partial charge in [0.1, 0.15) is 5.75 Å². The number of aryl methyl sites for hydroxylation is 2. The maximum Gasteiger partial charge on any atom is 0.125 e. The highest BCUT2D eigenvalue weighted by atomic mass is 16.5. The first kappa shape index (κ1) is 12.4. The van der Waals surface area contributed by atoms with Gasteiger partial charge in [0, 0.05) is 0 Å². The lowest BCUT2D eigenvalue weighted by atomic mass is 9.95. The molecule has 1 aromatic carbocycles. The number of benzene rings is 1. The first-order valence-electron chi connectivity index (χ1n) is 6.67. The first-order valence-corrected chi connectivity index (χ1v) is 6.67. The van der Waals surface area contributed by atoms with Crippen molar-refractivity contribution < 1.29 is 4.74 Å². The van der Waals surface area contributed by atoms with E-state index in [-0.39, 0.29) is 0 Å². The molecular weight excluding hydrogens is 210 g/mol. The highest BCUT2D eigenvalue weighted by Gasteiger charge is 2.13. The van der Waals surface area contributed by atoms with Crippen LogP contribution in [0.4, 0.5) is 0 Å². The van der Waals surface area contributed by atoms with Crippen LogP contribution in [0.15, 0.2) is 18.2 Å². The minimum atomic E-state index is 0.848. The van der Waals surface area contributed by atoms with Crippen LogP contribution in [0.5, 0.6) is 5.75 Å². The molecule has 0 atom stereocenters. The molecule has 94 valence electrons. The van der Waals surface area contributed by atoms with Gasteiger partial charge in [0.05, 0.1) is 6.61 Å². The van der Waals surface area contributed by atoms with Crippen molar-refractivity contribution in [3.05, 3.63) is 29.3 Å². The fraction of sp³-hybridized carbons (Fsp3) is 0.600. The molecule has 1 N–H and O–H groups in total. The lowest BCUT2D eigenvalue weighted by molar-refractivity contribution is 0.249. The van der Waals surface area contributed by atoms with Crippen molar-refractivity contribution in [2.24, 2.45) is 5.92 Å². The number of ether oxygens (including phenoxy) is 1. The Bertz CT molecular complexity index is 336. The van der Waals surface area contributed by atoms with Crippen molar-refractivity contribution in [1.29, 1.82) is 0 Å². The number of hydrogen-bond donors (Lipinski definition) is 1. The van der Waals surface area contributed by atoms with Crippen LogP contribution in [-0.2, 0) is 0 Å². The molecule has 0 aromatic heterocycles. The number of hydrogen-bond acceptors (Lipinski definition) is 2. The third kappa shape index (κ3) is 3.47. The Labute approximate surface area is 104 Å². The van der Waals surface area contributed by atoms with Gasteiger partial charge in [-0.05, 0) is 63.2 Å². The zero-order valence-electron chi connectivity index (χ0n) is 11.0. The number of piperidine rings is 1. The molecule has 2 nitrogen and oxygen atoms in total. The van der Waals surface area contributed by atoms with Crippen molar-refractivity contribution in [2.45, 2.75) is 33.1 Å². The number of nitrogens with one attached hydrogen (secondary N) is 1. The quantitative estimate of drug-likeness (QED) is 0.863. The number of rotatable bonds is 4. The second-order valence-electron chi connectivity index (χ2n) is 5.05. The molecule has 0 unspecified atom stereocenters. The molecule has 0 amide bonds. The minimum absolute atomic E-state index is 0.848. The van der Waals surface area contributed by atoms with Gasteiger partial charge in [-0.15, -0.1) is 0 Å². The summed E-state index contributed by atoms with van der Waals surface area (Å²) in [5, 5.41) is 3.40. The van der Waals surface area contributed by atoms with Crippen molar-refractivity contribution in [2.75, 3.05) is 19.7 Å². The number of para-hydroxylation sites is 1. The third-order valence-corrected chi connectivity index (χ3v) is 3.64. The zero-order valence-corrected chi connectivity index (χ0v) is 11.0. The van der Waals surface area contributed by atoms with Crippen LogP contribution in [0.1, 0.15) is 30.4 Å². The summed E-state index contributed by atoms with van der Waals surface area (Å²) < 4.78 is 5.95. The van der Waals surface area contributed by atoms with Crippen molar-refractivity contribution in [3.63, 3.8) is 0 Å². The van der Waals surface area contributed by atoms with Crippen molar-refractivity contribution in [3.8, 4) is 5.75 Å². The van der Waals surface area contributed by atoms with E-state index in [0.29, 0.717) is 0 Å². The molecule has 1 saturated heterocycles. The van der Waals surface area contributed by atoms with Gasteiger partial charge in [0.15, 0.2) is 0 Å². The van der Waals surface area contributed by atoms with E-state index in [1.165, 1.54) is 43.5 Å². The van der Waals surface area contributed by atoms with Crippen LogP contribution in [0.25, 0.3) is 0 Å². The monoisotopic (exact) mass is 233 g/mol. The van der Waals surface area contributed by atoms with Crippen LogP contribution in [-0.4, -0.2) is 19.7 Å². The summed E-state index contributed by atoms with van der Waals surface area (Å²) in [6.07, 6.45) is 3.79. The van der Waals surface area contributed by atoms with Gasteiger partial charge >= 0.3 is 0 Å². The Balaban J connectivity index is 1.81. The predicted octanol–water partition coefficient (Wildman–Crippen LogP) is 3.07. The molecule has 1 heterocycles. The molecule has 2 rings (SSSR count). The summed E-state index contributed by atoms with van der Waals surface area (Å²) in [5.74, 6) is 1.93. The topological polar surface area (TPSA) is 21.3 Å². The van der Waals surface area contributed by atoms with Crippen LogP contribution in [0, 0.1) is 19.8 Å². The minimum Gasteiger partial charge on any atom is -0.493 e. The normalized spacial score (nSPS) is 17.1. The summed E-state index contributed by atoms with van der Waals surface area (Å²) in [5.41, 5.74) is 2.49. The van der Waals surface area contributed by atoms with Crippen LogP contribution in [0.2, 0.25) is 0 Å². The Morgan fingerprint density at radius 1 is 1.18 bits per heavy atom. The van der Waals surface area contributed by atoms with E-state index in [1.807, 2.05) is 0 Å². The van der Waals surface area contributed by atoms with Crippen LogP contribution >= 0.6 is 0 Å². The predicted molar refractivity (Wildman–Crippen MR) is 71.6 cm³/mol. The summed E-state index contributed by atoms with van der Waals surface area (Å²) in [6.45, 7) is 7.44. The Morgan fingerprint density at radius 3 is 2.47 bits per heavy atom. The maximum atomic E-state index is 5.95. The van der Waals surface area contributed by atoms with Crippen LogP contribution in [0.3, 0.4) is 0 Å². The molecule has 0 saturated carbocycles. The van der Waals surface area contributed by atoms with E-state index >= 15 is 0 Å². The van der Waals surface area contributed by atoms with E-state index in [1.54, 1.807) is 0 Å². The van der Waals surface area contributed by atoms with Gasteiger partial charge in [-0.2, -0.15) is 0 Å². The second-order valence-corrected chi connectivity index (χ2v) is 5.05. The fourth-order valence-corrected chi connectivity index (χ4v) is 2.52. The average molecular weight is 233 g/mol. The van der Waals surface area contributed by atoms with E-state index in [4.69, 9.17) is 4.74 Å². The molecule has 0 spiro atoms. The molecule has 1 fully saturated rings. The van der Waals surface area contributed by atoms with E-state index < -0.39 is 0 Å². The van der Waals surface area contributed by atoms with E-state index in [0.717, 1.165) is 18.3 Å². The molecule has 1 aliphatic heterocycles. The molecule has 2 heteroatoms. The lowest BCUT2D eigenvalue weighted by Gasteiger charge is -2.22. The third-order valence-electron chi connectivity index (χ3n) is 3.64. The smallest absolute Gasteiger partial charge is 0.125 e. The summed E-state index contributed by atoms with van der Waals surface area (Å²) in [4.78, 5) is 0. The molecular formula is C15H23NO. The average Bonchev–Trinajstić information content (AvgIpc) is 2.34. The van der Waals surface area contributed by atoms with E-state index in [9.17, 15) is 0 Å². The van der Waals surface area contributed by atoms with E-state index in [2.05, 4.69) is 37.4 Å². The highest BCUT2D eigenvalue weighted by molar-refractivity contribution is 5.39.